The van der Waals surface area contributed by atoms with Gasteiger partial charge in [-0.15, -0.1) is 0 Å². The number of nitro groups is 1. The first kappa shape index (κ1) is 19.3. The highest BCUT2D eigenvalue weighted by Crippen LogP contribution is 2.37. The molecule has 0 amide bonds. The largest absolute Gasteiger partial charge is 0.454 e. The molecule has 31 heavy (non-hydrogen) atoms. The van der Waals surface area contributed by atoms with Crippen molar-refractivity contribution < 1.29 is 14.4 Å². The van der Waals surface area contributed by atoms with Gasteiger partial charge in [-0.1, -0.05) is 0 Å². The van der Waals surface area contributed by atoms with Gasteiger partial charge in [-0.25, -0.2) is 5.43 Å². The number of nitrogens with zero attached hydrogens (tertiary/aromatic N) is 7. The van der Waals surface area contributed by atoms with Crippen LogP contribution in [0.1, 0.15) is 31.2 Å². The molecule has 4 heterocycles. The third kappa shape index (κ3) is 4.00. The normalized spacial score (nSPS) is 17.7. The van der Waals surface area contributed by atoms with Crippen molar-refractivity contribution in [3.8, 4) is 11.5 Å². The van der Waals surface area contributed by atoms with Crippen molar-refractivity contribution in [2.45, 2.75) is 25.7 Å². The summed E-state index contributed by atoms with van der Waals surface area (Å²) in [5, 5.41) is 15.6. The van der Waals surface area contributed by atoms with Gasteiger partial charge in [0.05, 0.1) is 22.8 Å². The molecule has 0 bridgehead atoms. The number of benzene rings is 1. The number of hydrazone groups is 1. The Hall–Kier alpha value is -3.70. The standard InChI is InChI=1S/C19H22N8O4/c28-27(29)14-10-16-15(30-12-31-16)9-13(14)11-20-24-17-21-18(25-5-1-2-6-25)23-19(22-17)26-7-3-4-8-26/h9-11H,1-8,12H2,(H,21,22,23,24)/b20-11+. The van der Waals surface area contributed by atoms with Crippen LogP contribution in [-0.2, 0) is 0 Å². The summed E-state index contributed by atoms with van der Waals surface area (Å²) in [6.45, 7) is 3.69. The molecule has 1 aromatic carbocycles. The summed E-state index contributed by atoms with van der Waals surface area (Å²) in [5.74, 6) is 2.35. The highest BCUT2D eigenvalue weighted by atomic mass is 16.7. The molecule has 2 aromatic rings. The third-order valence-electron chi connectivity index (χ3n) is 5.48. The lowest BCUT2D eigenvalue weighted by atomic mass is 10.1. The second-order valence-corrected chi connectivity index (χ2v) is 7.54. The zero-order chi connectivity index (χ0) is 21.2. The number of nitrogens with one attached hydrogen (secondary N) is 1. The molecule has 12 nitrogen and oxygen atoms in total. The fourth-order valence-electron chi connectivity index (χ4n) is 3.89. The van der Waals surface area contributed by atoms with Gasteiger partial charge in [-0.05, 0) is 31.7 Å². The average Bonchev–Trinajstić information content (AvgIpc) is 3.55. The number of aromatic nitrogens is 3. The third-order valence-corrected chi connectivity index (χ3v) is 5.48. The maximum atomic E-state index is 11.4. The van der Waals surface area contributed by atoms with Gasteiger partial charge in [0.2, 0.25) is 24.6 Å². The Balaban J connectivity index is 1.40. The maximum absolute atomic E-state index is 11.4. The Morgan fingerprint density at radius 2 is 1.55 bits per heavy atom. The Morgan fingerprint density at radius 3 is 2.13 bits per heavy atom. The minimum absolute atomic E-state index is 0.0365. The van der Waals surface area contributed by atoms with Crippen LogP contribution in [-0.4, -0.2) is 59.1 Å². The molecular weight excluding hydrogens is 404 g/mol. The molecular formula is C19H22N8O4. The van der Waals surface area contributed by atoms with Crippen LogP contribution >= 0.6 is 0 Å². The molecule has 5 rings (SSSR count). The molecule has 2 saturated heterocycles. The van der Waals surface area contributed by atoms with Gasteiger partial charge in [0.25, 0.3) is 5.69 Å². The zero-order valence-electron chi connectivity index (χ0n) is 16.9. The van der Waals surface area contributed by atoms with Crippen LogP contribution in [0, 0.1) is 10.1 Å². The number of rotatable bonds is 6. The van der Waals surface area contributed by atoms with Crippen LogP contribution in [0.15, 0.2) is 17.2 Å². The molecule has 0 unspecified atom stereocenters. The highest BCUT2D eigenvalue weighted by Gasteiger charge is 2.23. The molecule has 0 radical (unpaired) electrons. The van der Waals surface area contributed by atoms with Gasteiger partial charge in [0.15, 0.2) is 11.5 Å². The van der Waals surface area contributed by atoms with Crippen LogP contribution in [0.3, 0.4) is 0 Å². The first-order valence-electron chi connectivity index (χ1n) is 10.3. The molecule has 0 aliphatic carbocycles. The first-order valence-corrected chi connectivity index (χ1v) is 10.3. The topological polar surface area (TPSA) is 131 Å². The van der Waals surface area contributed by atoms with Crippen molar-refractivity contribution in [3.05, 3.63) is 27.8 Å². The SMILES string of the molecule is O=[N+]([O-])c1cc2c(cc1/C=N/Nc1nc(N3CCCC3)nc(N3CCCC3)n1)OCO2. The monoisotopic (exact) mass is 426 g/mol. The minimum Gasteiger partial charge on any atom is -0.454 e. The summed E-state index contributed by atoms with van der Waals surface area (Å²) >= 11 is 0. The van der Waals surface area contributed by atoms with Crippen LogP contribution in [0.5, 0.6) is 11.5 Å². The van der Waals surface area contributed by atoms with Crippen molar-refractivity contribution in [1.82, 2.24) is 15.0 Å². The first-order chi connectivity index (χ1) is 15.2. The number of nitro benzene ring substituents is 1. The van der Waals surface area contributed by atoms with Gasteiger partial charge in [0, 0.05) is 26.2 Å². The second-order valence-electron chi connectivity index (χ2n) is 7.54. The van der Waals surface area contributed by atoms with E-state index < -0.39 is 4.92 Å². The summed E-state index contributed by atoms with van der Waals surface area (Å²) in [7, 11) is 0. The van der Waals surface area contributed by atoms with Gasteiger partial charge in [-0.2, -0.15) is 20.1 Å². The van der Waals surface area contributed by atoms with Crippen molar-refractivity contribution >= 4 is 29.7 Å². The smallest absolute Gasteiger partial charge is 0.282 e. The number of hydrogen-bond donors (Lipinski definition) is 1. The lowest BCUT2D eigenvalue weighted by molar-refractivity contribution is -0.385. The van der Waals surface area contributed by atoms with Gasteiger partial charge < -0.3 is 19.3 Å². The molecule has 162 valence electrons. The molecule has 3 aliphatic heterocycles. The van der Waals surface area contributed by atoms with Crippen molar-refractivity contribution in [1.29, 1.82) is 0 Å². The number of anilines is 3. The van der Waals surface area contributed by atoms with Gasteiger partial charge in [0.1, 0.15) is 0 Å². The fourth-order valence-corrected chi connectivity index (χ4v) is 3.89. The molecule has 12 heteroatoms. The van der Waals surface area contributed by atoms with Crippen molar-refractivity contribution in [3.63, 3.8) is 0 Å². The van der Waals surface area contributed by atoms with E-state index in [1.807, 2.05) is 0 Å². The van der Waals surface area contributed by atoms with E-state index in [0.29, 0.717) is 29.3 Å². The molecule has 0 spiro atoms. The summed E-state index contributed by atoms with van der Waals surface area (Å²) in [5.41, 5.74) is 2.98. The van der Waals surface area contributed by atoms with E-state index in [9.17, 15) is 10.1 Å². The van der Waals surface area contributed by atoms with E-state index in [2.05, 4.69) is 35.3 Å². The van der Waals surface area contributed by atoms with E-state index >= 15 is 0 Å². The number of fused-ring (bicyclic) bond motifs is 1. The predicted molar refractivity (Wildman–Crippen MR) is 113 cm³/mol. The summed E-state index contributed by atoms with van der Waals surface area (Å²) in [4.78, 5) is 28.9. The molecule has 1 N–H and O–H groups in total. The number of ether oxygens (including phenoxy) is 2. The van der Waals surface area contributed by atoms with Crippen LogP contribution < -0.4 is 24.7 Å². The molecule has 3 aliphatic rings. The van der Waals surface area contributed by atoms with E-state index in [0.717, 1.165) is 51.9 Å². The molecule has 0 atom stereocenters. The summed E-state index contributed by atoms with van der Waals surface area (Å²) < 4.78 is 10.5. The minimum atomic E-state index is -0.483. The van der Waals surface area contributed by atoms with Crippen LogP contribution in [0.25, 0.3) is 0 Å². The predicted octanol–water partition coefficient (Wildman–Crippen LogP) is 2.15. The van der Waals surface area contributed by atoms with E-state index in [4.69, 9.17) is 9.47 Å². The molecule has 1 aromatic heterocycles. The zero-order valence-corrected chi connectivity index (χ0v) is 16.9. The Bertz CT molecular complexity index is 984. The van der Waals surface area contributed by atoms with Gasteiger partial charge in [-0.3, -0.25) is 10.1 Å². The maximum Gasteiger partial charge on any atom is 0.282 e. The summed E-state index contributed by atoms with van der Waals surface area (Å²) in [6.07, 6.45) is 5.80. The molecule has 0 saturated carbocycles. The summed E-state index contributed by atoms with van der Waals surface area (Å²) in [6, 6.07) is 2.87. The van der Waals surface area contributed by atoms with E-state index in [1.54, 1.807) is 0 Å². The van der Waals surface area contributed by atoms with Crippen molar-refractivity contribution in [2.75, 3.05) is 48.2 Å². The van der Waals surface area contributed by atoms with Crippen LogP contribution in [0.4, 0.5) is 23.5 Å². The number of hydrogen-bond acceptors (Lipinski definition) is 11. The Labute approximate surface area is 178 Å². The van der Waals surface area contributed by atoms with Gasteiger partial charge >= 0.3 is 0 Å². The Kier molecular flexibility index (Phi) is 5.10. The second kappa shape index (κ2) is 8.20. The highest BCUT2D eigenvalue weighted by molar-refractivity contribution is 5.87. The lowest BCUT2D eigenvalue weighted by Crippen LogP contribution is -2.25. The lowest BCUT2D eigenvalue weighted by Gasteiger charge is -2.20. The quantitative estimate of drug-likeness (QED) is 0.416. The Morgan fingerprint density at radius 1 is 0.968 bits per heavy atom. The fraction of sp³-hybridized carbons (Fsp3) is 0.474. The van der Waals surface area contributed by atoms with E-state index in [1.165, 1.54) is 18.3 Å². The van der Waals surface area contributed by atoms with E-state index in [-0.39, 0.29) is 18.0 Å². The van der Waals surface area contributed by atoms with Crippen molar-refractivity contribution in [2.24, 2.45) is 5.10 Å². The average molecular weight is 426 g/mol. The molecule has 2 fully saturated rings. The van der Waals surface area contributed by atoms with Crippen LogP contribution in [0.2, 0.25) is 0 Å².